The first-order chi connectivity index (χ1) is 9.60. The molecule has 2 amide bonds. The number of carbonyl (C=O) groups excluding carboxylic acids is 2. The first kappa shape index (κ1) is 14.5. The SMILES string of the molecule is CCN(C(=O)CN1CCNC(=O)C1)c1ccc(F)cc1. The molecule has 1 fully saturated rings. The van der Waals surface area contributed by atoms with Gasteiger partial charge >= 0.3 is 0 Å². The number of nitrogens with zero attached hydrogens (tertiary/aromatic N) is 2. The molecule has 1 aromatic carbocycles. The lowest BCUT2D eigenvalue weighted by atomic mass is 10.2. The molecule has 0 spiro atoms. The lowest BCUT2D eigenvalue weighted by Gasteiger charge is -2.29. The van der Waals surface area contributed by atoms with E-state index in [0.717, 1.165) is 0 Å². The van der Waals surface area contributed by atoms with Gasteiger partial charge in [-0.15, -0.1) is 0 Å². The molecule has 1 saturated heterocycles. The number of benzene rings is 1. The van der Waals surface area contributed by atoms with Gasteiger partial charge in [0.15, 0.2) is 0 Å². The number of carbonyl (C=O) groups is 2. The van der Waals surface area contributed by atoms with Crippen molar-refractivity contribution in [3.63, 3.8) is 0 Å². The highest BCUT2D eigenvalue weighted by Gasteiger charge is 2.21. The largest absolute Gasteiger partial charge is 0.354 e. The van der Waals surface area contributed by atoms with Crippen LogP contribution in [-0.2, 0) is 9.59 Å². The van der Waals surface area contributed by atoms with Gasteiger partial charge in [-0.05, 0) is 31.2 Å². The zero-order valence-electron chi connectivity index (χ0n) is 11.4. The van der Waals surface area contributed by atoms with E-state index >= 15 is 0 Å². The molecule has 0 atom stereocenters. The van der Waals surface area contributed by atoms with E-state index in [1.807, 2.05) is 11.8 Å². The van der Waals surface area contributed by atoms with E-state index in [9.17, 15) is 14.0 Å². The summed E-state index contributed by atoms with van der Waals surface area (Å²) in [5.74, 6) is -0.479. The molecule has 1 N–H and O–H groups in total. The molecule has 0 aliphatic carbocycles. The van der Waals surface area contributed by atoms with Gasteiger partial charge in [-0.25, -0.2) is 4.39 Å². The van der Waals surface area contributed by atoms with Gasteiger partial charge in [0.2, 0.25) is 11.8 Å². The van der Waals surface area contributed by atoms with E-state index in [4.69, 9.17) is 0 Å². The predicted molar refractivity (Wildman–Crippen MR) is 73.9 cm³/mol. The van der Waals surface area contributed by atoms with Crippen LogP contribution in [0, 0.1) is 5.82 Å². The van der Waals surface area contributed by atoms with Gasteiger partial charge in [0, 0.05) is 25.3 Å². The molecule has 1 aromatic rings. The average Bonchev–Trinajstić information content (AvgIpc) is 2.42. The third kappa shape index (κ3) is 3.54. The van der Waals surface area contributed by atoms with Crippen LogP contribution in [0.4, 0.5) is 10.1 Å². The molecule has 0 saturated carbocycles. The maximum absolute atomic E-state index is 12.9. The smallest absolute Gasteiger partial charge is 0.241 e. The van der Waals surface area contributed by atoms with Crippen molar-refractivity contribution in [2.75, 3.05) is 37.6 Å². The van der Waals surface area contributed by atoms with Crippen LogP contribution in [0.2, 0.25) is 0 Å². The number of rotatable bonds is 4. The summed E-state index contributed by atoms with van der Waals surface area (Å²) in [7, 11) is 0. The van der Waals surface area contributed by atoms with E-state index in [1.165, 1.54) is 12.1 Å². The number of halogens is 1. The Morgan fingerprint density at radius 3 is 2.70 bits per heavy atom. The zero-order valence-corrected chi connectivity index (χ0v) is 11.4. The second-order valence-electron chi connectivity index (χ2n) is 4.68. The van der Waals surface area contributed by atoms with Crippen LogP contribution >= 0.6 is 0 Å². The minimum atomic E-state index is -0.329. The van der Waals surface area contributed by atoms with Crippen LogP contribution in [0.1, 0.15) is 6.92 Å². The number of amides is 2. The van der Waals surface area contributed by atoms with E-state index in [-0.39, 0.29) is 30.7 Å². The number of anilines is 1. The molecule has 1 aliphatic heterocycles. The summed E-state index contributed by atoms with van der Waals surface area (Å²) in [4.78, 5) is 27.0. The number of nitrogens with one attached hydrogen (secondary N) is 1. The van der Waals surface area contributed by atoms with Crippen molar-refractivity contribution in [1.82, 2.24) is 10.2 Å². The van der Waals surface area contributed by atoms with Crippen molar-refractivity contribution < 1.29 is 14.0 Å². The summed E-state index contributed by atoms with van der Waals surface area (Å²) >= 11 is 0. The molecule has 0 aromatic heterocycles. The zero-order chi connectivity index (χ0) is 14.5. The summed E-state index contributed by atoms with van der Waals surface area (Å²) in [6.45, 7) is 4.03. The number of hydrogen-bond donors (Lipinski definition) is 1. The van der Waals surface area contributed by atoms with Gasteiger partial charge < -0.3 is 10.2 Å². The average molecular weight is 279 g/mol. The maximum Gasteiger partial charge on any atom is 0.241 e. The Bertz CT molecular complexity index is 490. The van der Waals surface area contributed by atoms with Crippen LogP contribution in [0.25, 0.3) is 0 Å². The maximum atomic E-state index is 12.9. The lowest BCUT2D eigenvalue weighted by Crippen LogP contribution is -2.51. The molecule has 5 nitrogen and oxygen atoms in total. The molecule has 20 heavy (non-hydrogen) atoms. The highest BCUT2D eigenvalue weighted by Crippen LogP contribution is 2.15. The summed E-state index contributed by atoms with van der Waals surface area (Å²) in [6.07, 6.45) is 0. The van der Waals surface area contributed by atoms with Gasteiger partial charge in [0.05, 0.1) is 13.1 Å². The summed E-state index contributed by atoms with van der Waals surface area (Å²) in [5, 5.41) is 2.72. The van der Waals surface area contributed by atoms with Crippen molar-refractivity contribution in [3.05, 3.63) is 30.1 Å². The Kier molecular flexibility index (Phi) is 4.68. The van der Waals surface area contributed by atoms with Gasteiger partial charge in [-0.2, -0.15) is 0 Å². The molecule has 6 heteroatoms. The molecule has 108 valence electrons. The first-order valence-electron chi connectivity index (χ1n) is 6.65. The van der Waals surface area contributed by atoms with Crippen LogP contribution < -0.4 is 10.2 Å². The standard InChI is InChI=1S/C14H18FN3O2/c1-2-18(12-5-3-11(15)4-6-12)14(20)10-17-8-7-16-13(19)9-17/h3-6H,2,7-10H2,1H3,(H,16,19). The van der Waals surface area contributed by atoms with Crippen molar-refractivity contribution in [3.8, 4) is 0 Å². The molecule has 1 aliphatic rings. The van der Waals surface area contributed by atoms with Gasteiger partial charge in [-0.1, -0.05) is 0 Å². The molecular weight excluding hydrogens is 261 g/mol. The quantitative estimate of drug-likeness (QED) is 0.878. The van der Waals surface area contributed by atoms with Crippen molar-refractivity contribution in [1.29, 1.82) is 0 Å². The predicted octanol–water partition coefficient (Wildman–Crippen LogP) is 0.610. The number of piperazine rings is 1. The van der Waals surface area contributed by atoms with Gasteiger partial charge in [0.25, 0.3) is 0 Å². The van der Waals surface area contributed by atoms with Crippen LogP contribution in [0.3, 0.4) is 0 Å². The van der Waals surface area contributed by atoms with Crippen LogP contribution in [0.5, 0.6) is 0 Å². The second kappa shape index (κ2) is 6.47. The highest BCUT2D eigenvalue weighted by molar-refractivity contribution is 5.95. The lowest BCUT2D eigenvalue weighted by molar-refractivity contribution is -0.126. The Hall–Kier alpha value is -1.95. The molecule has 1 heterocycles. The summed E-state index contributed by atoms with van der Waals surface area (Å²) in [5.41, 5.74) is 0.667. The molecular formula is C14H18FN3O2. The third-order valence-electron chi connectivity index (χ3n) is 3.23. The third-order valence-corrected chi connectivity index (χ3v) is 3.23. The van der Waals surface area contributed by atoms with E-state index < -0.39 is 0 Å². The van der Waals surface area contributed by atoms with Gasteiger partial charge in [0.1, 0.15) is 5.82 Å². The number of hydrogen-bond acceptors (Lipinski definition) is 3. The van der Waals surface area contributed by atoms with Gasteiger partial charge in [-0.3, -0.25) is 14.5 Å². The number of likely N-dealkylation sites (N-methyl/N-ethyl adjacent to an activating group) is 1. The molecule has 2 rings (SSSR count). The van der Waals surface area contributed by atoms with Crippen molar-refractivity contribution in [2.24, 2.45) is 0 Å². The van der Waals surface area contributed by atoms with Crippen molar-refractivity contribution >= 4 is 17.5 Å². The van der Waals surface area contributed by atoms with Crippen LogP contribution in [0.15, 0.2) is 24.3 Å². The minimum Gasteiger partial charge on any atom is -0.354 e. The fraction of sp³-hybridized carbons (Fsp3) is 0.429. The highest BCUT2D eigenvalue weighted by atomic mass is 19.1. The first-order valence-corrected chi connectivity index (χ1v) is 6.65. The summed E-state index contributed by atoms with van der Waals surface area (Å²) < 4.78 is 12.9. The Balaban J connectivity index is 2.01. The van der Waals surface area contributed by atoms with Crippen molar-refractivity contribution in [2.45, 2.75) is 6.92 Å². The molecule has 0 radical (unpaired) electrons. The molecule has 0 unspecified atom stereocenters. The monoisotopic (exact) mass is 279 g/mol. The second-order valence-corrected chi connectivity index (χ2v) is 4.68. The topological polar surface area (TPSA) is 52.7 Å². The Morgan fingerprint density at radius 2 is 2.10 bits per heavy atom. The van der Waals surface area contributed by atoms with E-state index in [1.54, 1.807) is 17.0 Å². The van der Waals surface area contributed by atoms with Crippen LogP contribution in [-0.4, -0.2) is 49.4 Å². The molecule has 0 bridgehead atoms. The van der Waals surface area contributed by atoms with E-state index in [2.05, 4.69) is 5.32 Å². The Labute approximate surface area is 117 Å². The van der Waals surface area contributed by atoms with E-state index in [0.29, 0.717) is 25.3 Å². The normalized spacial score (nSPS) is 15.8. The minimum absolute atomic E-state index is 0.0612. The fourth-order valence-corrected chi connectivity index (χ4v) is 2.23. The Morgan fingerprint density at radius 1 is 1.40 bits per heavy atom. The summed E-state index contributed by atoms with van der Waals surface area (Å²) in [6, 6.07) is 5.83. The fourth-order valence-electron chi connectivity index (χ4n) is 2.23.